The second-order valence-electron chi connectivity index (χ2n) is 6.60. The van der Waals surface area contributed by atoms with Crippen molar-refractivity contribution in [3.8, 4) is 0 Å². The number of aliphatic carboxylic acids is 1. The van der Waals surface area contributed by atoms with E-state index >= 15 is 0 Å². The molecule has 0 fully saturated rings. The normalized spacial score (nSPS) is 14.4. The molecule has 1 N–H and O–H groups in total. The van der Waals surface area contributed by atoms with Gasteiger partial charge in [0.15, 0.2) is 0 Å². The first kappa shape index (κ1) is 16.5. The van der Waals surface area contributed by atoms with Crippen LogP contribution in [-0.2, 0) is 4.79 Å². The van der Waals surface area contributed by atoms with Crippen molar-refractivity contribution in [1.29, 1.82) is 0 Å². The second kappa shape index (κ2) is 6.49. The summed E-state index contributed by atoms with van der Waals surface area (Å²) in [6, 6.07) is 18.7. The minimum atomic E-state index is -1.97. The van der Waals surface area contributed by atoms with E-state index in [0.717, 1.165) is 5.56 Å². The van der Waals surface area contributed by atoms with Crippen molar-refractivity contribution in [2.45, 2.75) is 32.5 Å². The van der Waals surface area contributed by atoms with Crippen molar-refractivity contribution in [3.63, 3.8) is 0 Å². The summed E-state index contributed by atoms with van der Waals surface area (Å²) in [6.45, 7) is 8.43. The number of carbonyl (C=O) groups is 1. The lowest BCUT2D eigenvalue weighted by Crippen LogP contribution is -2.51. The van der Waals surface area contributed by atoms with Gasteiger partial charge in [-0.15, -0.1) is 0 Å². The third kappa shape index (κ3) is 3.30. The average Bonchev–Trinajstić information content (AvgIpc) is 2.50. The molecule has 2 atom stereocenters. The van der Waals surface area contributed by atoms with Crippen LogP contribution in [0.5, 0.6) is 0 Å². The maximum absolute atomic E-state index is 11.7. The summed E-state index contributed by atoms with van der Waals surface area (Å²) in [7, 11) is -1.97. The molecule has 22 heavy (non-hydrogen) atoms. The molecular formula is C19H24O2Si. The Morgan fingerprint density at radius 3 is 2.05 bits per heavy atom. The lowest BCUT2D eigenvalue weighted by Gasteiger charge is -2.36. The molecule has 2 aromatic carbocycles. The van der Waals surface area contributed by atoms with E-state index in [1.807, 2.05) is 25.1 Å². The highest BCUT2D eigenvalue weighted by Crippen LogP contribution is 2.34. The number of carboxylic acids is 1. The zero-order valence-corrected chi connectivity index (χ0v) is 14.7. The molecule has 0 aliphatic rings. The van der Waals surface area contributed by atoms with Gasteiger partial charge in [0.25, 0.3) is 0 Å². The van der Waals surface area contributed by atoms with Crippen LogP contribution in [0.25, 0.3) is 0 Å². The maximum atomic E-state index is 11.7. The Hall–Kier alpha value is -1.87. The molecule has 0 bridgehead atoms. The van der Waals surface area contributed by atoms with Gasteiger partial charge >= 0.3 is 5.97 Å². The van der Waals surface area contributed by atoms with E-state index in [2.05, 4.69) is 56.4 Å². The number of rotatable bonds is 5. The Morgan fingerprint density at radius 2 is 1.55 bits per heavy atom. The first-order valence-electron chi connectivity index (χ1n) is 7.69. The maximum Gasteiger partial charge on any atom is 0.306 e. The summed E-state index contributed by atoms with van der Waals surface area (Å²) in [4.78, 5) is 11.7. The van der Waals surface area contributed by atoms with E-state index in [4.69, 9.17) is 0 Å². The van der Waals surface area contributed by atoms with E-state index in [1.54, 1.807) is 0 Å². The van der Waals surface area contributed by atoms with Gasteiger partial charge in [0.2, 0.25) is 0 Å². The summed E-state index contributed by atoms with van der Waals surface area (Å²) >= 11 is 0. The van der Waals surface area contributed by atoms with Crippen LogP contribution in [0.1, 0.15) is 23.6 Å². The van der Waals surface area contributed by atoms with Gasteiger partial charge in [-0.05, 0) is 18.0 Å². The molecular weight excluding hydrogens is 288 g/mol. The highest BCUT2D eigenvalue weighted by molar-refractivity contribution is 6.91. The van der Waals surface area contributed by atoms with Gasteiger partial charge in [0, 0.05) is 0 Å². The molecule has 2 aromatic rings. The van der Waals surface area contributed by atoms with Crippen LogP contribution in [0, 0.1) is 12.8 Å². The number of aryl methyl sites for hydroxylation is 1. The van der Waals surface area contributed by atoms with Crippen LogP contribution in [-0.4, -0.2) is 19.1 Å². The van der Waals surface area contributed by atoms with E-state index < -0.39 is 20.0 Å². The quantitative estimate of drug-likeness (QED) is 0.849. The summed E-state index contributed by atoms with van der Waals surface area (Å²) in [6.07, 6.45) is 0. The second-order valence-corrected chi connectivity index (χ2v) is 11.2. The Labute approximate surface area is 133 Å². The molecule has 3 heteroatoms. The van der Waals surface area contributed by atoms with Gasteiger partial charge in [0.1, 0.15) is 0 Å². The van der Waals surface area contributed by atoms with Crippen LogP contribution in [0.2, 0.25) is 13.1 Å². The first-order valence-corrected chi connectivity index (χ1v) is 10.8. The Kier molecular flexibility index (Phi) is 4.86. The SMILES string of the molecule is Cc1ccc([C@H]([C@@H](C)C(=O)O)[Si](C)(C)c2ccccc2)cc1. The molecule has 0 aliphatic heterocycles. The van der Waals surface area contributed by atoms with Crippen molar-refractivity contribution in [1.82, 2.24) is 0 Å². The molecule has 2 rings (SSSR count). The number of hydrogen-bond acceptors (Lipinski definition) is 1. The van der Waals surface area contributed by atoms with E-state index in [-0.39, 0.29) is 5.54 Å². The Bertz CT molecular complexity index is 632. The molecule has 0 aliphatic carbocycles. The number of benzene rings is 2. The smallest absolute Gasteiger partial charge is 0.306 e. The van der Waals surface area contributed by atoms with E-state index in [0.29, 0.717) is 0 Å². The van der Waals surface area contributed by atoms with Crippen LogP contribution in [0.3, 0.4) is 0 Å². The fraction of sp³-hybridized carbons (Fsp3) is 0.316. The topological polar surface area (TPSA) is 37.3 Å². The van der Waals surface area contributed by atoms with Crippen molar-refractivity contribution < 1.29 is 9.90 Å². The third-order valence-electron chi connectivity index (χ3n) is 4.62. The van der Waals surface area contributed by atoms with Gasteiger partial charge < -0.3 is 5.11 Å². The predicted octanol–water partition coefficient (Wildman–Crippen LogP) is 3.95. The molecule has 0 radical (unpaired) electrons. The minimum absolute atomic E-state index is 0.0491. The summed E-state index contributed by atoms with van der Waals surface area (Å²) < 4.78 is 0. The molecule has 0 spiro atoms. The molecule has 0 heterocycles. The summed E-state index contributed by atoms with van der Waals surface area (Å²) in [5.41, 5.74) is 2.39. The molecule has 0 saturated heterocycles. The predicted molar refractivity (Wildman–Crippen MR) is 94.3 cm³/mol. The highest BCUT2D eigenvalue weighted by atomic mass is 28.3. The van der Waals surface area contributed by atoms with Crippen molar-refractivity contribution in [2.24, 2.45) is 5.92 Å². The summed E-state index contributed by atoms with van der Waals surface area (Å²) in [5.74, 6) is -1.12. The van der Waals surface area contributed by atoms with Crippen LogP contribution >= 0.6 is 0 Å². The van der Waals surface area contributed by atoms with Gasteiger partial charge in [-0.25, -0.2) is 0 Å². The van der Waals surface area contributed by atoms with Gasteiger partial charge in [-0.2, -0.15) is 0 Å². The molecule has 0 unspecified atom stereocenters. The zero-order valence-electron chi connectivity index (χ0n) is 13.7. The average molecular weight is 312 g/mol. The number of carboxylic acid groups (broad SMARTS) is 1. The third-order valence-corrected chi connectivity index (χ3v) is 8.83. The Morgan fingerprint density at radius 1 is 1.00 bits per heavy atom. The van der Waals surface area contributed by atoms with Crippen LogP contribution < -0.4 is 5.19 Å². The lowest BCUT2D eigenvalue weighted by molar-refractivity contribution is -0.141. The highest BCUT2D eigenvalue weighted by Gasteiger charge is 2.40. The van der Waals surface area contributed by atoms with Gasteiger partial charge in [0.05, 0.1) is 14.0 Å². The molecule has 0 amide bonds. The summed E-state index contributed by atoms with van der Waals surface area (Å²) in [5, 5.41) is 10.9. The number of hydrogen-bond donors (Lipinski definition) is 1. The zero-order chi connectivity index (χ0) is 16.3. The molecule has 0 aromatic heterocycles. The van der Waals surface area contributed by atoms with E-state index in [1.165, 1.54) is 10.8 Å². The minimum Gasteiger partial charge on any atom is -0.481 e. The fourth-order valence-electron chi connectivity index (χ4n) is 3.29. The lowest BCUT2D eigenvalue weighted by atomic mass is 9.99. The molecule has 116 valence electrons. The van der Waals surface area contributed by atoms with Gasteiger partial charge in [-0.3, -0.25) is 4.79 Å². The van der Waals surface area contributed by atoms with Crippen molar-refractivity contribution in [2.75, 3.05) is 0 Å². The molecule has 2 nitrogen and oxygen atoms in total. The van der Waals surface area contributed by atoms with Crippen molar-refractivity contribution >= 4 is 19.2 Å². The fourth-order valence-corrected chi connectivity index (χ4v) is 7.12. The first-order chi connectivity index (χ1) is 10.3. The standard InChI is InChI=1S/C19H24O2Si/c1-14-10-12-16(13-11-14)18(15(2)19(20)21)22(3,4)17-8-6-5-7-9-17/h5-13,15,18H,1-4H3,(H,20,21)/t15-,18+/m1/s1. The Balaban J connectivity index is 2.53. The van der Waals surface area contributed by atoms with Gasteiger partial charge in [-0.1, -0.05) is 85.4 Å². The van der Waals surface area contributed by atoms with Crippen LogP contribution in [0.15, 0.2) is 54.6 Å². The largest absolute Gasteiger partial charge is 0.481 e. The molecule has 0 saturated carbocycles. The van der Waals surface area contributed by atoms with Crippen molar-refractivity contribution in [3.05, 3.63) is 65.7 Å². The monoisotopic (exact) mass is 312 g/mol. The van der Waals surface area contributed by atoms with Crippen LogP contribution in [0.4, 0.5) is 0 Å². The van der Waals surface area contributed by atoms with E-state index in [9.17, 15) is 9.90 Å².